The highest BCUT2D eigenvalue weighted by atomic mass is 35.5. The third-order valence-electron chi connectivity index (χ3n) is 6.37. The van der Waals surface area contributed by atoms with Crippen LogP contribution >= 0.6 is 11.6 Å². The topological polar surface area (TPSA) is 44.8 Å². The van der Waals surface area contributed by atoms with Crippen molar-refractivity contribution >= 4 is 23.2 Å². The van der Waals surface area contributed by atoms with Gasteiger partial charge in [-0.05, 0) is 87.8 Å². The molecular weight excluding hydrogens is 410 g/mol. The van der Waals surface area contributed by atoms with Gasteiger partial charge in [-0.25, -0.2) is 0 Å². The van der Waals surface area contributed by atoms with Gasteiger partial charge in [0, 0.05) is 36.3 Å². The van der Waals surface area contributed by atoms with Gasteiger partial charge in [-0.1, -0.05) is 23.7 Å². The molecule has 5 nitrogen and oxygen atoms in total. The number of nitrogens with zero attached hydrogens (tertiary/aromatic N) is 2. The highest BCUT2D eigenvalue weighted by Gasteiger charge is 2.25. The highest BCUT2D eigenvalue weighted by molar-refractivity contribution is 6.30. The van der Waals surface area contributed by atoms with Gasteiger partial charge < -0.3 is 15.0 Å². The Labute approximate surface area is 190 Å². The van der Waals surface area contributed by atoms with Crippen molar-refractivity contribution in [2.75, 3.05) is 38.5 Å². The number of piperidine rings is 2. The first-order valence-corrected chi connectivity index (χ1v) is 11.7. The quantitative estimate of drug-likeness (QED) is 0.707. The zero-order valence-electron chi connectivity index (χ0n) is 18.2. The van der Waals surface area contributed by atoms with Crippen molar-refractivity contribution in [1.29, 1.82) is 0 Å². The fourth-order valence-corrected chi connectivity index (χ4v) is 4.48. The number of halogens is 1. The molecule has 2 aromatic carbocycles. The first-order valence-electron chi connectivity index (χ1n) is 11.3. The van der Waals surface area contributed by atoms with Gasteiger partial charge in [-0.2, -0.15) is 0 Å². The van der Waals surface area contributed by atoms with Crippen LogP contribution < -0.4 is 10.1 Å². The second kappa shape index (κ2) is 10.5. The first kappa shape index (κ1) is 22.1. The lowest BCUT2D eigenvalue weighted by molar-refractivity contribution is -0.121. The Morgan fingerprint density at radius 3 is 2.26 bits per heavy atom. The molecule has 0 saturated carbocycles. The minimum Gasteiger partial charge on any atom is -0.490 e. The van der Waals surface area contributed by atoms with Crippen LogP contribution in [0.1, 0.15) is 31.2 Å². The van der Waals surface area contributed by atoms with Crippen LogP contribution in [0.3, 0.4) is 0 Å². The summed E-state index contributed by atoms with van der Waals surface area (Å²) in [6.45, 7) is 4.94. The molecule has 0 atom stereocenters. The largest absolute Gasteiger partial charge is 0.490 e. The summed E-state index contributed by atoms with van der Waals surface area (Å²) < 4.78 is 6.09. The molecule has 2 aromatic rings. The Hall–Kier alpha value is -2.08. The number of carbonyl (C=O) groups excluding carboxylic acids is 1. The van der Waals surface area contributed by atoms with Gasteiger partial charge in [-0.15, -0.1) is 0 Å². The van der Waals surface area contributed by atoms with E-state index in [1.54, 1.807) is 0 Å². The summed E-state index contributed by atoms with van der Waals surface area (Å²) in [7, 11) is 2.15. The minimum absolute atomic E-state index is 0.0663. The van der Waals surface area contributed by atoms with Crippen molar-refractivity contribution in [1.82, 2.24) is 9.80 Å². The minimum atomic E-state index is 0.0663. The molecule has 2 aliphatic rings. The fourth-order valence-electron chi connectivity index (χ4n) is 4.36. The summed E-state index contributed by atoms with van der Waals surface area (Å²) in [6, 6.07) is 15.8. The number of carbonyl (C=O) groups is 1. The van der Waals surface area contributed by atoms with Crippen LogP contribution in [-0.2, 0) is 11.3 Å². The third-order valence-corrected chi connectivity index (χ3v) is 6.62. The average Bonchev–Trinajstić information content (AvgIpc) is 2.79. The summed E-state index contributed by atoms with van der Waals surface area (Å²) in [6.07, 6.45) is 4.18. The highest BCUT2D eigenvalue weighted by Crippen LogP contribution is 2.24. The molecule has 0 bridgehead atoms. The van der Waals surface area contributed by atoms with Gasteiger partial charge in [0.15, 0.2) is 0 Å². The SMILES string of the molecule is CN1CCC(Oc2ccc(NC(=O)C3CCN(Cc4ccc(Cl)cc4)CC3)cc2)CC1. The van der Waals surface area contributed by atoms with Gasteiger partial charge in [0.2, 0.25) is 5.91 Å². The van der Waals surface area contributed by atoms with Crippen molar-refractivity contribution < 1.29 is 9.53 Å². The predicted molar refractivity (Wildman–Crippen MR) is 126 cm³/mol. The molecule has 4 rings (SSSR count). The van der Waals surface area contributed by atoms with E-state index in [1.807, 2.05) is 36.4 Å². The Morgan fingerprint density at radius 2 is 1.61 bits per heavy atom. The number of nitrogens with one attached hydrogen (secondary N) is 1. The van der Waals surface area contributed by atoms with Crippen molar-refractivity contribution in [3.63, 3.8) is 0 Å². The molecule has 1 amide bonds. The number of likely N-dealkylation sites (tertiary alicyclic amines) is 2. The molecule has 166 valence electrons. The van der Waals surface area contributed by atoms with E-state index < -0.39 is 0 Å². The Bertz CT molecular complexity index is 840. The second-order valence-electron chi connectivity index (χ2n) is 8.81. The van der Waals surface area contributed by atoms with Crippen LogP contribution in [0.15, 0.2) is 48.5 Å². The van der Waals surface area contributed by atoms with Gasteiger partial charge in [-0.3, -0.25) is 9.69 Å². The Balaban J connectivity index is 1.21. The number of anilines is 1. The van der Waals surface area contributed by atoms with Crippen LogP contribution in [-0.4, -0.2) is 55.0 Å². The summed E-state index contributed by atoms with van der Waals surface area (Å²) in [5.41, 5.74) is 2.10. The number of amides is 1. The van der Waals surface area contributed by atoms with E-state index in [1.165, 1.54) is 5.56 Å². The van der Waals surface area contributed by atoms with Crippen LogP contribution in [0, 0.1) is 5.92 Å². The van der Waals surface area contributed by atoms with Crippen LogP contribution in [0.2, 0.25) is 5.02 Å². The predicted octanol–water partition coefficient (Wildman–Crippen LogP) is 4.66. The Morgan fingerprint density at radius 1 is 0.968 bits per heavy atom. The zero-order chi connectivity index (χ0) is 21.6. The van der Waals surface area contributed by atoms with Crippen LogP contribution in [0.5, 0.6) is 5.75 Å². The molecule has 6 heteroatoms. The lowest BCUT2D eigenvalue weighted by atomic mass is 9.95. The molecule has 31 heavy (non-hydrogen) atoms. The van der Waals surface area contributed by atoms with E-state index in [2.05, 4.69) is 34.3 Å². The first-order chi connectivity index (χ1) is 15.0. The van der Waals surface area contributed by atoms with Gasteiger partial charge in [0.1, 0.15) is 11.9 Å². The van der Waals surface area contributed by atoms with E-state index in [9.17, 15) is 4.79 Å². The molecular formula is C25H32ClN3O2. The number of ether oxygens (including phenoxy) is 1. The zero-order valence-corrected chi connectivity index (χ0v) is 19.0. The maximum atomic E-state index is 12.7. The van der Waals surface area contributed by atoms with Crippen molar-refractivity contribution in [2.24, 2.45) is 5.92 Å². The van der Waals surface area contributed by atoms with E-state index in [-0.39, 0.29) is 17.9 Å². The summed E-state index contributed by atoms with van der Waals surface area (Å²) in [4.78, 5) is 17.5. The summed E-state index contributed by atoms with van der Waals surface area (Å²) >= 11 is 5.97. The van der Waals surface area contributed by atoms with Crippen LogP contribution in [0.25, 0.3) is 0 Å². The Kier molecular flexibility index (Phi) is 7.49. The molecule has 2 saturated heterocycles. The van der Waals surface area contributed by atoms with E-state index in [0.29, 0.717) is 0 Å². The molecule has 2 aliphatic heterocycles. The van der Waals surface area contributed by atoms with Crippen LogP contribution in [0.4, 0.5) is 5.69 Å². The summed E-state index contributed by atoms with van der Waals surface area (Å²) in [5.74, 6) is 1.06. The molecule has 0 aromatic heterocycles. The smallest absolute Gasteiger partial charge is 0.227 e. The van der Waals surface area contributed by atoms with Crippen molar-refractivity contribution in [3.8, 4) is 5.75 Å². The van der Waals surface area contributed by atoms with Crippen molar-refractivity contribution in [2.45, 2.75) is 38.3 Å². The number of hydrogen-bond acceptors (Lipinski definition) is 4. The molecule has 2 heterocycles. The fraction of sp³-hybridized carbons (Fsp3) is 0.480. The molecule has 0 spiro atoms. The van der Waals surface area contributed by atoms with E-state index in [0.717, 1.165) is 74.9 Å². The lowest BCUT2D eigenvalue weighted by Crippen LogP contribution is -2.37. The molecule has 0 aliphatic carbocycles. The normalized spacial score (nSPS) is 19.3. The number of benzene rings is 2. The maximum absolute atomic E-state index is 12.7. The number of rotatable bonds is 6. The van der Waals surface area contributed by atoms with Gasteiger partial charge >= 0.3 is 0 Å². The molecule has 0 unspecified atom stereocenters. The van der Waals surface area contributed by atoms with E-state index in [4.69, 9.17) is 16.3 Å². The third kappa shape index (κ3) is 6.45. The average molecular weight is 442 g/mol. The second-order valence-corrected chi connectivity index (χ2v) is 9.25. The molecule has 0 radical (unpaired) electrons. The standard InChI is InChI=1S/C25H32ClN3O2/c1-28-14-12-24(13-15-28)31-23-8-6-22(7-9-23)27-25(30)20-10-16-29(17-11-20)18-19-2-4-21(26)5-3-19/h2-9,20,24H,10-18H2,1H3,(H,27,30). The van der Waals surface area contributed by atoms with Gasteiger partial charge in [0.05, 0.1) is 0 Å². The van der Waals surface area contributed by atoms with Crippen molar-refractivity contribution in [3.05, 3.63) is 59.1 Å². The van der Waals surface area contributed by atoms with E-state index >= 15 is 0 Å². The number of hydrogen-bond donors (Lipinski definition) is 1. The molecule has 1 N–H and O–H groups in total. The summed E-state index contributed by atoms with van der Waals surface area (Å²) in [5, 5.41) is 3.85. The van der Waals surface area contributed by atoms with Gasteiger partial charge in [0.25, 0.3) is 0 Å². The monoisotopic (exact) mass is 441 g/mol. The molecule has 2 fully saturated rings. The lowest BCUT2D eigenvalue weighted by Gasteiger charge is -2.31. The maximum Gasteiger partial charge on any atom is 0.227 e.